The maximum absolute atomic E-state index is 12.8. The summed E-state index contributed by atoms with van der Waals surface area (Å²) in [5.74, 6) is 0.256. The first kappa shape index (κ1) is 21.0. The molecule has 0 aliphatic carbocycles. The molecule has 1 aliphatic heterocycles. The third kappa shape index (κ3) is 5.40. The Labute approximate surface area is 178 Å². The quantitative estimate of drug-likeness (QED) is 0.686. The van der Waals surface area contributed by atoms with E-state index in [2.05, 4.69) is 16.9 Å². The first-order valence-electron chi connectivity index (χ1n) is 8.87. The Kier molecular flexibility index (Phi) is 6.95. The minimum absolute atomic E-state index is 0.0784. The van der Waals surface area contributed by atoms with E-state index < -0.39 is 5.25 Å². The molecule has 0 spiro atoms. The summed E-state index contributed by atoms with van der Waals surface area (Å²) >= 11 is 7.28. The van der Waals surface area contributed by atoms with Gasteiger partial charge in [-0.2, -0.15) is 0 Å². The highest BCUT2D eigenvalue weighted by molar-refractivity contribution is 8.15. The molecule has 1 saturated heterocycles. The molecule has 6 nitrogen and oxygen atoms in total. The molecule has 3 rings (SSSR count). The Morgan fingerprint density at radius 2 is 2.14 bits per heavy atom. The van der Waals surface area contributed by atoms with E-state index in [4.69, 9.17) is 16.3 Å². The standard InChI is InChI=1S/C21H20ClN3O3S/c1-3-11-25-19(26)13-18(20(27)23-15-7-9-17(28-2)10-8-15)29-21(25)24-16-6-4-5-14(22)12-16/h3-10,12,18H,1,11,13H2,2H3,(H,23,27)/t18-/m1/s1. The summed E-state index contributed by atoms with van der Waals surface area (Å²) in [5, 5.41) is 3.24. The molecule has 2 aromatic carbocycles. The summed E-state index contributed by atoms with van der Waals surface area (Å²) in [5.41, 5.74) is 1.24. The highest BCUT2D eigenvalue weighted by Crippen LogP contribution is 2.30. The van der Waals surface area contributed by atoms with Crippen molar-refractivity contribution in [2.45, 2.75) is 11.7 Å². The van der Waals surface area contributed by atoms with Crippen molar-refractivity contribution in [3.63, 3.8) is 0 Å². The smallest absolute Gasteiger partial charge is 0.238 e. The molecule has 1 atom stereocenters. The lowest BCUT2D eigenvalue weighted by Crippen LogP contribution is -2.45. The Hall–Kier alpha value is -2.77. The van der Waals surface area contributed by atoms with Crippen LogP contribution >= 0.6 is 23.4 Å². The second kappa shape index (κ2) is 9.62. The molecule has 0 aromatic heterocycles. The molecule has 2 aromatic rings. The van der Waals surface area contributed by atoms with E-state index in [1.165, 1.54) is 16.7 Å². The molecule has 1 aliphatic rings. The van der Waals surface area contributed by atoms with Crippen LogP contribution in [0.5, 0.6) is 5.75 Å². The van der Waals surface area contributed by atoms with Crippen LogP contribution in [0, 0.1) is 0 Å². The number of hydrogen-bond donors (Lipinski definition) is 1. The SMILES string of the molecule is C=CCN1C(=O)C[C@H](C(=O)Nc2ccc(OC)cc2)SC1=Nc1cccc(Cl)c1. The van der Waals surface area contributed by atoms with Gasteiger partial charge in [0.1, 0.15) is 11.0 Å². The first-order chi connectivity index (χ1) is 14.0. The number of benzene rings is 2. The number of anilines is 1. The minimum atomic E-state index is -0.594. The van der Waals surface area contributed by atoms with Gasteiger partial charge < -0.3 is 10.1 Å². The second-order valence-electron chi connectivity index (χ2n) is 6.20. The fraction of sp³-hybridized carbons (Fsp3) is 0.190. The first-order valence-corrected chi connectivity index (χ1v) is 10.1. The normalized spacial score (nSPS) is 17.9. The Morgan fingerprint density at radius 3 is 2.79 bits per heavy atom. The Balaban J connectivity index is 1.80. The number of ether oxygens (including phenoxy) is 1. The summed E-state index contributed by atoms with van der Waals surface area (Å²) in [6, 6.07) is 14.0. The molecule has 2 amide bonds. The maximum Gasteiger partial charge on any atom is 0.238 e. The van der Waals surface area contributed by atoms with E-state index in [1.54, 1.807) is 61.7 Å². The predicted octanol–water partition coefficient (Wildman–Crippen LogP) is 4.49. The number of methoxy groups -OCH3 is 1. The van der Waals surface area contributed by atoms with Crippen LogP contribution in [0.25, 0.3) is 0 Å². The number of halogens is 1. The van der Waals surface area contributed by atoms with Crippen molar-refractivity contribution in [1.82, 2.24) is 4.90 Å². The van der Waals surface area contributed by atoms with Crippen molar-refractivity contribution in [2.75, 3.05) is 19.0 Å². The lowest BCUT2D eigenvalue weighted by molar-refractivity contribution is -0.129. The average molecular weight is 430 g/mol. The molecule has 1 heterocycles. The van der Waals surface area contributed by atoms with Crippen molar-refractivity contribution in [3.8, 4) is 5.75 Å². The van der Waals surface area contributed by atoms with Crippen molar-refractivity contribution in [2.24, 2.45) is 4.99 Å². The number of aliphatic imine (C=N–C) groups is 1. The number of rotatable bonds is 6. The van der Waals surface area contributed by atoms with Gasteiger partial charge in [-0.05, 0) is 42.5 Å². The van der Waals surface area contributed by atoms with Gasteiger partial charge in [0.05, 0.1) is 12.8 Å². The van der Waals surface area contributed by atoms with Crippen molar-refractivity contribution >= 4 is 51.7 Å². The van der Waals surface area contributed by atoms with Crippen LogP contribution < -0.4 is 10.1 Å². The summed E-state index contributed by atoms with van der Waals surface area (Å²) < 4.78 is 5.12. The van der Waals surface area contributed by atoms with Crippen LogP contribution in [0.15, 0.2) is 66.2 Å². The molecule has 0 unspecified atom stereocenters. The molecule has 1 fully saturated rings. The zero-order valence-electron chi connectivity index (χ0n) is 15.8. The lowest BCUT2D eigenvalue weighted by Gasteiger charge is -2.31. The van der Waals surface area contributed by atoms with E-state index in [0.29, 0.717) is 33.9 Å². The summed E-state index contributed by atoms with van der Waals surface area (Å²) in [7, 11) is 1.58. The van der Waals surface area contributed by atoms with E-state index in [9.17, 15) is 9.59 Å². The number of carbonyl (C=O) groups excluding carboxylic acids is 2. The number of carbonyl (C=O) groups is 2. The van der Waals surface area contributed by atoms with E-state index in [0.717, 1.165) is 0 Å². The monoisotopic (exact) mass is 429 g/mol. The van der Waals surface area contributed by atoms with Crippen LogP contribution in [-0.2, 0) is 9.59 Å². The average Bonchev–Trinajstić information content (AvgIpc) is 2.71. The Morgan fingerprint density at radius 1 is 1.38 bits per heavy atom. The topological polar surface area (TPSA) is 71.0 Å². The van der Waals surface area contributed by atoms with Gasteiger partial charge in [0.2, 0.25) is 11.8 Å². The summed E-state index contributed by atoms with van der Waals surface area (Å²) in [6.07, 6.45) is 1.71. The maximum atomic E-state index is 12.8. The molecule has 29 heavy (non-hydrogen) atoms. The Bertz CT molecular complexity index is 946. The number of nitrogens with one attached hydrogen (secondary N) is 1. The highest BCUT2D eigenvalue weighted by atomic mass is 35.5. The van der Waals surface area contributed by atoms with Crippen molar-refractivity contribution < 1.29 is 14.3 Å². The zero-order valence-corrected chi connectivity index (χ0v) is 17.4. The molecular weight excluding hydrogens is 410 g/mol. The van der Waals surface area contributed by atoms with Crippen LogP contribution in [0.2, 0.25) is 5.02 Å². The van der Waals surface area contributed by atoms with Gasteiger partial charge in [0, 0.05) is 23.7 Å². The van der Waals surface area contributed by atoms with E-state index in [1.807, 2.05) is 0 Å². The largest absolute Gasteiger partial charge is 0.497 e. The number of amidine groups is 1. The molecule has 8 heteroatoms. The van der Waals surface area contributed by atoms with Gasteiger partial charge in [-0.3, -0.25) is 14.5 Å². The molecule has 1 N–H and O–H groups in total. The number of nitrogens with zero attached hydrogens (tertiary/aromatic N) is 2. The number of thioether (sulfide) groups is 1. The van der Waals surface area contributed by atoms with E-state index >= 15 is 0 Å². The highest BCUT2D eigenvalue weighted by Gasteiger charge is 2.35. The van der Waals surface area contributed by atoms with Crippen LogP contribution in [0.4, 0.5) is 11.4 Å². The molecule has 0 saturated carbocycles. The fourth-order valence-electron chi connectivity index (χ4n) is 2.70. The van der Waals surface area contributed by atoms with Gasteiger partial charge in [-0.15, -0.1) is 6.58 Å². The third-order valence-corrected chi connectivity index (χ3v) is 5.56. The summed E-state index contributed by atoms with van der Waals surface area (Å²) in [6.45, 7) is 4.02. The van der Waals surface area contributed by atoms with Crippen LogP contribution in [-0.4, -0.2) is 40.8 Å². The molecule has 0 bridgehead atoms. The van der Waals surface area contributed by atoms with E-state index in [-0.39, 0.29) is 18.2 Å². The lowest BCUT2D eigenvalue weighted by atomic mass is 10.2. The van der Waals surface area contributed by atoms with Crippen molar-refractivity contribution in [1.29, 1.82) is 0 Å². The van der Waals surface area contributed by atoms with Crippen molar-refractivity contribution in [3.05, 3.63) is 66.2 Å². The van der Waals surface area contributed by atoms with Gasteiger partial charge >= 0.3 is 0 Å². The fourth-order valence-corrected chi connectivity index (χ4v) is 4.00. The number of amides is 2. The molecular formula is C21H20ClN3O3S. The number of hydrogen-bond acceptors (Lipinski definition) is 5. The van der Waals surface area contributed by atoms with Gasteiger partial charge in [0.25, 0.3) is 0 Å². The second-order valence-corrected chi connectivity index (χ2v) is 7.80. The minimum Gasteiger partial charge on any atom is -0.497 e. The van der Waals surface area contributed by atoms with Gasteiger partial charge in [-0.25, -0.2) is 4.99 Å². The molecule has 0 radical (unpaired) electrons. The van der Waals surface area contributed by atoms with Gasteiger partial charge in [-0.1, -0.05) is 35.5 Å². The van der Waals surface area contributed by atoms with Crippen LogP contribution in [0.3, 0.4) is 0 Å². The predicted molar refractivity (Wildman–Crippen MR) is 118 cm³/mol. The van der Waals surface area contributed by atoms with Crippen LogP contribution in [0.1, 0.15) is 6.42 Å². The molecule has 150 valence electrons. The summed E-state index contributed by atoms with van der Waals surface area (Å²) in [4.78, 5) is 31.5. The third-order valence-electron chi connectivity index (χ3n) is 4.13. The van der Waals surface area contributed by atoms with Gasteiger partial charge in [0.15, 0.2) is 5.17 Å². The zero-order chi connectivity index (χ0) is 20.8.